The summed E-state index contributed by atoms with van der Waals surface area (Å²) in [6, 6.07) is 7.40. The van der Waals surface area contributed by atoms with Gasteiger partial charge in [-0.15, -0.1) is 11.8 Å². The van der Waals surface area contributed by atoms with Gasteiger partial charge in [-0.2, -0.15) is 0 Å². The van der Waals surface area contributed by atoms with E-state index in [4.69, 9.17) is 0 Å². The van der Waals surface area contributed by atoms with Crippen molar-refractivity contribution in [3.05, 3.63) is 29.8 Å². The van der Waals surface area contributed by atoms with Crippen molar-refractivity contribution < 1.29 is 9.59 Å². The second kappa shape index (κ2) is 7.34. The molecule has 0 bridgehead atoms. The molecule has 1 atom stereocenters. The Morgan fingerprint density at radius 1 is 1.16 bits per heavy atom. The first-order valence-electron chi connectivity index (χ1n) is 6.56. The van der Waals surface area contributed by atoms with Gasteiger partial charge in [0.2, 0.25) is 5.91 Å². The van der Waals surface area contributed by atoms with E-state index in [1.54, 1.807) is 19.1 Å². The number of carbonyl (C=O) groups excluding carboxylic acids is 2. The van der Waals surface area contributed by atoms with E-state index in [-0.39, 0.29) is 16.9 Å². The van der Waals surface area contributed by atoms with Crippen LogP contribution in [0.3, 0.4) is 0 Å². The van der Waals surface area contributed by atoms with Gasteiger partial charge in [0, 0.05) is 23.5 Å². The van der Waals surface area contributed by atoms with E-state index in [0.29, 0.717) is 5.56 Å². The molecule has 0 aliphatic heterocycles. The molecule has 0 aliphatic carbocycles. The van der Waals surface area contributed by atoms with Crippen LogP contribution in [0.5, 0.6) is 0 Å². The SMILES string of the molecule is CCN(CC)C(=O)C(C)Sc1ccc(C(C)=O)cc1. The van der Waals surface area contributed by atoms with E-state index in [9.17, 15) is 9.59 Å². The minimum atomic E-state index is -0.108. The molecule has 0 heterocycles. The smallest absolute Gasteiger partial charge is 0.235 e. The molecular weight excluding hydrogens is 258 g/mol. The van der Waals surface area contributed by atoms with Crippen LogP contribution >= 0.6 is 11.8 Å². The normalized spacial score (nSPS) is 12.0. The van der Waals surface area contributed by atoms with Crippen LogP contribution in [0.15, 0.2) is 29.2 Å². The molecule has 104 valence electrons. The fraction of sp³-hybridized carbons (Fsp3) is 0.467. The highest BCUT2D eigenvalue weighted by atomic mass is 32.2. The molecule has 0 saturated carbocycles. The first kappa shape index (κ1) is 15.8. The van der Waals surface area contributed by atoms with Crippen molar-refractivity contribution in [1.29, 1.82) is 0 Å². The zero-order chi connectivity index (χ0) is 14.4. The van der Waals surface area contributed by atoms with Gasteiger partial charge in [-0.3, -0.25) is 9.59 Å². The summed E-state index contributed by atoms with van der Waals surface area (Å²) in [4.78, 5) is 26.2. The molecule has 0 aromatic heterocycles. The first-order chi connectivity index (χ1) is 8.99. The van der Waals surface area contributed by atoms with E-state index < -0.39 is 0 Å². The Balaban J connectivity index is 2.68. The van der Waals surface area contributed by atoms with Crippen molar-refractivity contribution in [2.24, 2.45) is 0 Å². The highest BCUT2D eigenvalue weighted by Gasteiger charge is 2.19. The molecule has 1 amide bonds. The summed E-state index contributed by atoms with van der Waals surface area (Å²) in [6.07, 6.45) is 0. The van der Waals surface area contributed by atoms with Gasteiger partial charge >= 0.3 is 0 Å². The Morgan fingerprint density at radius 3 is 2.11 bits per heavy atom. The van der Waals surface area contributed by atoms with Crippen LogP contribution in [-0.2, 0) is 4.79 Å². The maximum Gasteiger partial charge on any atom is 0.235 e. The molecule has 1 aromatic carbocycles. The summed E-state index contributed by atoms with van der Waals surface area (Å²) < 4.78 is 0. The van der Waals surface area contributed by atoms with Crippen LogP contribution in [-0.4, -0.2) is 34.9 Å². The number of thioether (sulfide) groups is 1. The second-order valence-corrected chi connectivity index (χ2v) is 5.77. The van der Waals surface area contributed by atoms with E-state index in [2.05, 4.69) is 0 Å². The number of carbonyl (C=O) groups is 2. The summed E-state index contributed by atoms with van der Waals surface area (Å²) in [7, 11) is 0. The van der Waals surface area contributed by atoms with Crippen LogP contribution in [0, 0.1) is 0 Å². The maximum absolute atomic E-state index is 12.1. The van der Waals surface area contributed by atoms with Crippen molar-refractivity contribution in [2.75, 3.05) is 13.1 Å². The lowest BCUT2D eigenvalue weighted by Crippen LogP contribution is -2.36. The Bertz CT molecular complexity index is 438. The molecule has 0 fully saturated rings. The third-order valence-corrected chi connectivity index (χ3v) is 4.10. The first-order valence-corrected chi connectivity index (χ1v) is 7.44. The number of nitrogens with zero attached hydrogens (tertiary/aromatic N) is 1. The summed E-state index contributed by atoms with van der Waals surface area (Å²) in [5, 5.41) is -0.108. The molecule has 0 radical (unpaired) electrons. The third-order valence-electron chi connectivity index (χ3n) is 3.00. The predicted octanol–water partition coefficient (Wildman–Crippen LogP) is 3.24. The highest BCUT2D eigenvalue weighted by Crippen LogP contribution is 2.24. The lowest BCUT2D eigenvalue weighted by molar-refractivity contribution is -0.129. The molecule has 3 nitrogen and oxygen atoms in total. The fourth-order valence-electron chi connectivity index (χ4n) is 1.82. The largest absolute Gasteiger partial charge is 0.342 e. The van der Waals surface area contributed by atoms with Gasteiger partial charge in [0.15, 0.2) is 5.78 Å². The molecule has 4 heteroatoms. The van der Waals surface area contributed by atoms with Crippen LogP contribution < -0.4 is 0 Å². The van der Waals surface area contributed by atoms with Crippen molar-refractivity contribution >= 4 is 23.5 Å². The number of Topliss-reactive ketones (excluding diaryl/α,β-unsaturated/α-hetero) is 1. The number of benzene rings is 1. The molecule has 0 spiro atoms. The number of rotatable bonds is 6. The van der Waals surface area contributed by atoms with E-state index in [1.165, 1.54) is 11.8 Å². The lowest BCUT2D eigenvalue weighted by atomic mass is 10.2. The van der Waals surface area contributed by atoms with Crippen LogP contribution in [0.2, 0.25) is 0 Å². The summed E-state index contributed by atoms with van der Waals surface area (Å²) >= 11 is 1.53. The van der Waals surface area contributed by atoms with E-state index in [1.807, 2.05) is 37.8 Å². The average Bonchev–Trinajstić information content (AvgIpc) is 2.40. The lowest BCUT2D eigenvalue weighted by Gasteiger charge is -2.22. The Kier molecular flexibility index (Phi) is 6.09. The van der Waals surface area contributed by atoms with Gasteiger partial charge in [0.1, 0.15) is 0 Å². The summed E-state index contributed by atoms with van der Waals surface area (Å²) in [5.74, 6) is 0.217. The average molecular weight is 279 g/mol. The topological polar surface area (TPSA) is 37.4 Å². The van der Waals surface area contributed by atoms with Crippen molar-refractivity contribution in [3.63, 3.8) is 0 Å². The van der Waals surface area contributed by atoms with Gasteiger partial charge < -0.3 is 4.90 Å². The Morgan fingerprint density at radius 2 is 1.68 bits per heavy atom. The van der Waals surface area contributed by atoms with E-state index >= 15 is 0 Å². The molecule has 0 saturated heterocycles. The number of hydrogen-bond donors (Lipinski definition) is 0. The van der Waals surface area contributed by atoms with E-state index in [0.717, 1.165) is 18.0 Å². The third kappa shape index (κ3) is 4.39. The second-order valence-electron chi connectivity index (χ2n) is 4.35. The zero-order valence-electron chi connectivity index (χ0n) is 12.0. The van der Waals surface area contributed by atoms with Gasteiger partial charge in [0.25, 0.3) is 0 Å². The van der Waals surface area contributed by atoms with Crippen molar-refractivity contribution in [3.8, 4) is 0 Å². The minimum Gasteiger partial charge on any atom is -0.342 e. The Labute approximate surface area is 119 Å². The van der Waals surface area contributed by atoms with Crippen LogP contribution in [0.1, 0.15) is 38.1 Å². The minimum absolute atomic E-state index is 0.0591. The van der Waals surface area contributed by atoms with Gasteiger partial charge in [-0.05, 0) is 39.8 Å². The quantitative estimate of drug-likeness (QED) is 0.592. The van der Waals surface area contributed by atoms with Gasteiger partial charge in [0.05, 0.1) is 5.25 Å². The maximum atomic E-state index is 12.1. The zero-order valence-corrected chi connectivity index (χ0v) is 12.8. The molecule has 0 aliphatic rings. The molecule has 1 aromatic rings. The number of amides is 1. The van der Waals surface area contributed by atoms with Crippen LogP contribution in [0.25, 0.3) is 0 Å². The number of ketones is 1. The monoisotopic (exact) mass is 279 g/mol. The highest BCUT2D eigenvalue weighted by molar-refractivity contribution is 8.00. The standard InChI is InChI=1S/C15H21NO2S/c1-5-16(6-2)15(18)12(4)19-14-9-7-13(8-10-14)11(3)17/h7-10,12H,5-6H2,1-4H3. The summed E-state index contributed by atoms with van der Waals surface area (Å²) in [5.41, 5.74) is 0.701. The van der Waals surface area contributed by atoms with Crippen molar-refractivity contribution in [2.45, 2.75) is 37.8 Å². The predicted molar refractivity (Wildman–Crippen MR) is 79.7 cm³/mol. The van der Waals surface area contributed by atoms with Crippen molar-refractivity contribution in [1.82, 2.24) is 4.90 Å². The summed E-state index contributed by atoms with van der Waals surface area (Å²) in [6.45, 7) is 8.92. The number of hydrogen-bond acceptors (Lipinski definition) is 3. The molecule has 19 heavy (non-hydrogen) atoms. The van der Waals surface area contributed by atoms with Gasteiger partial charge in [-0.1, -0.05) is 12.1 Å². The Hall–Kier alpha value is -1.29. The van der Waals surface area contributed by atoms with Crippen LogP contribution in [0.4, 0.5) is 0 Å². The fourth-order valence-corrected chi connectivity index (χ4v) is 2.77. The molecule has 0 N–H and O–H groups in total. The molecular formula is C15H21NO2S. The van der Waals surface area contributed by atoms with Gasteiger partial charge in [-0.25, -0.2) is 0 Å². The molecule has 1 rings (SSSR count). The molecule has 1 unspecified atom stereocenters.